The molecule has 0 unspecified atom stereocenters. The summed E-state index contributed by atoms with van der Waals surface area (Å²) in [7, 11) is 0. The molecule has 0 atom stereocenters. The van der Waals surface area contributed by atoms with Crippen LogP contribution in [0, 0.1) is 0 Å². The Kier molecular flexibility index (Phi) is 1030. The zero-order valence-electron chi connectivity index (χ0n) is 3.01. The smallest absolute Gasteiger partial charge is 1.00 e. The Morgan fingerprint density at radius 2 is 0.500 bits per heavy atom. The number of hydrogen-bond donors (Lipinski definition) is 0. The van der Waals surface area contributed by atoms with Gasteiger partial charge in [-0.3, -0.25) is 0 Å². The molecule has 4 nitrogen and oxygen atoms in total. The first-order valence-corrected chi connectivity index (χ1v) is 0. The largest absolute Gasteiger partial charge is 2.00 e. The molecule has 0 saturated carbocycles. The van der Waals surface area contributed by atoms with Gasteiger partial charge in [-0.25, -0.2) is 0 Å². The van der Waals surface area contributed by atoms with Crippen molar-refractivity contribution in [2.45, 2.75) is 0 Å². The van der Waals surface area contributed by atoms with Crippen LogP contribution in [0.15, 0.2) is 0 Å². The molecule has 0 aromatic rings. The summed E-state index contributed by atoms with van der Waals surface area (Å²) >= 11 is 0. The van der Waals surface area contributed by atoms with Crippen molar-refractivity contribution >= 4 is 0 Å². The normalized spacial score (nSPS) is 0. The van der Waals surface area contributed by atoms with Gasteiger partial charge in [-0.15, -0.1) is 0 Å². The van der Waals surface area contributed by atoms with Gasteiger partial charge in [-0.2, -0.15) is 0 Å². The van der Waals surface area contributed by atoms with Crippen molar-refractivity contribution in [3.63, 3.8) is 0 Å². The van der Waals surface area contributed by atoms with Crippen molar-refractivity contribution in [2.24, 2.45) is 0 Å². The third kappa shape index (κ3) is 37.6. The molecule has 0 aliphatic rings. The fourth-order valence-corrected chi connectivity index (χ4v) is 0. The van der Waals surface area contributed by atoms with E-state index in [2.05, 4.69) is 0 Å². The van der Waals surface area contributed by atoms with E-state index in [4.69, 9.17) is 0 Å². The molecule has 0 aromatic carbocycles. The average Bonchev–Trinajstić information content (AvgIpc) is 0. The van der Waals surface area contributed by atoms with Gasteiger partial charge in [0.15, 0.2) is 0 Å². The summed E-state index contributed by atoms with van der Waals surface area (Å²) in [6, 6.07) is 0. The van der Waals surface area contributed by atoms with Crippen LogP contribution in [0.1, 0.15) is 0 Å². The van der Waals surface area contributed by atoms with E-state index in [9.17, 15) is 0 Å². The van der Waals surface area contributed by atoms with Crippen molar-refractivity contribution in [1.82, 2.24) is 0 Å². The molecule has 0 bridgehead atoms. The Hall–Kier alpha value is 2.00. The van der Waals surface area contributed by atoms with E-state index < -0.39 is 0 Å². The van der Waals surface area contributed by atoms with Gasteiger partial charge in [0.25, 0.3) is 0 Å². The second-order valence-electron chi connectivity index (χ2n) is 0. The van der Waals surface area contributed by atoms with Crippen LogP contribution in [0.5, 0.6) is 0 Å². The van der Waals surface area contributed by atoms with Crippen LogP contribution < -0.4 is 51.4 Å². The third-order valence-electron chi connectivity index (χ3n) is 0. The Labute approximate surface area is 88.8 Å². The quantitative estimate of drug-likeness (QED) is 0.326. The minimum Gasteiger partial charge on any atom is -2.00 e. The van der Waals surface area contributed by atoms with Crippen LogP contribution in [-0.2, 0) is 39.0 Å². The predicted molar refractivity (Wildman–Crippen MR) is 2.75 cm³/mol. The molecular weight excluding hydrogens is 158 g/mol. The van der Waals surface area contributed by atoms with E-state index in [1.807, 2.05) is 0 Å². The van der Waals surface area contributed by atoms with E-state index in [-0.39, 0.29) is 90.4 Å². The first-order chi connectivity index (χ1) is 0. The molecule has 0 aromatic heterocycles. The van der Waals surface area contributed by atoms with E-state index in [0.717, 1.165) is 0 Å². The van der Waals surface area contributed by atoms with Gasteiger partial charge >= 0.3 is 51.4 Å². The molecule has 39 valence electrons. The standard InChI is InChI=1S/K.Mn.4O/q+1;;4*-2. The molecule has 0 heterocycles. The van der Waals surface area contributed by atoms with Crippen LogP contribution in [0.3, 0.4) is 0 Å². The average molecular weight is 158 g/mol. The molecule has 0 N–H and O–H groups in total. The summed E-state index contributed by atoms with van der Waals surface area (Å²) in [5.74, 6) is 0. The van der Waals surface area contributed by atoms with E-state index >= 15 is 0 Å². The molecule has 6 heteroatoms. The van der Waals surface area contributed by atoms with Gasteiger partial charge in [0.2, 0.25) is 0 Å². The Morgan fingerprint density at radius 3 is 0.500 bits per heavy atom. The fraction of sp³-hybridized carbons (Fsp3) is 0. The first kappa shape index (κ1) is 98.2. The third-order valence-corrected chi connectivity index (χ3v) is 0. The van der Waals surface area contributed by atoms with Gasteiger partial charge < -0.3 is 21.9 Å². The number of rotatable bonds is 0. The summed E-state index contributed by atoms with van der Waals surface area (Å²) in [6.07, 6.45) is 0. The minimum atomic E-state index is 0. The Morgan fingerprint density at radius 1 is 0.500 bits per heavy atom. The van der Waals surface area contributed by atoms with E-state index in [1.54, 1.807) is 0 Å². The minimum absolute atomic E-state index is 0. The molecule has 0 fully saturated rings. The van der Waals surface area contributed by atoms with Crippen LogP contribution in [-0.4, -0.2) is 0 Å². The van der Waals surface area contributed by atoms with Gasteiger partial charge in [0.05, 0.1) is 0 Å². The fourth-order valence-electron chi connectivity index (χ4n) is 0. The van der Waals surface area contributed by atoms with Crippen molar-refractivity contribution in [2.75, 3.05) is 0 Å². The van der Waals surface area contributed by atoms with Gasteiger partial charge in [-0.05, 0) is 0 Å². The second-order valence-corrected chi connectivity index (χ2v) is 0. The topological polar surface area (TPSA) is 114 Å². The maximum Gasteiger partial charge on any atom is 1.00 e. The predicted octanol–water partition coefficient (Wildman–Crippen LogP) is -3.47. The molecule has 0 amide bonds. The maximum absolute atomic E-state index is 0. The SMILES string of the molecule is [K+].[Mn].[O-2].[O-2].[O-2].[O-2]. The Balaban J connectivity index is 0. The molecule has 6 heavy (non-hydrogen) atoms. The van der Waals surface area contributed by atoms with Gasteiger partial charge in [-0.1, -0.05) is 0 Å². The molecule has 0 rings (SSSR count). The number of hydrogen-bond acceptors (Lipinski definition) is 0. The molecule has 0 aliphatic heterocycles. The maximum atomic E-state index is 0. The molecule has 0 aliphatic carbocycles. The molecule has 1 radical (unpaired) electrons. The summed E-state index contributed by atoms with van der Waals surface area (Å²) in [4.78, 5) is 0. The van der Waals surface area contributed by atoms with E-state index in [1.165, 1.54) is 0 Å². The molecule has 0 saturated heterocycles. The van der Waals surface area contributed by atoms with Crippen LogP contribution in [0.4, 0.5) is 0 Å². The molecule has 0 spiro atoms. The van der Waals surface area contributed by atoms with Gasteiger partial charge in [0, 0.05) is 17.1 Å². The first-order valence-electron chi connectivity index (χ1n) is 0. The zero-order chi connectivity index (χ0) is 0. The van der Waals surface area contributed by atoms with Gasteiger partial charge in [0.1, 0.15) is 0 Å². The van der Waals surface area contributed by atoms with Crippen molar-refractivity contribution in [3.8, 4) is 0 Å². The Bertz CT molecular complexity index is 7.51. The molecular formula is KMnO4-7. The van der Waals surface area contributed by atoms with Crippen molar-refractivity contribution in [3.05, 3.63) is 0 Å². The van der Waals surface area contributed by atoms with Crippen molar-refractivity contribution in [1.29, 1.82) is 0 Å². The summed E-state index contributed by atoms with van der Waals surface area (Å²) in [5.41, 5.74) is 0. The van der Waals surface area contributed by atoms with E-state index in [0.29, 0.717) is 0 Å². The second kappa shape index (κ2) is 63.1. The summed E-state index contributed by atoms with van der Waals surface area (Å²) < 4.78 is 0. The van der Waals surface area contributed by atoms with Crippen LogP contribution >= 0.6 is 0 Å². The zero-order valence-corrected chi connectivity index (χ0v) is 7.31. The van der Waals surface area contributed by atoms with Crippen molar-refractivity contribution < 1.29 is 90.4 Å². The van der Waals surface area contributed by atoms with Crippen LogP contribution in [0.2, 0.25) is 0 Å². The summed E-state index contributed by atoms with van der Waals surface area (Å²) in [6.45, 7) is 0. The van der Waals surface area contributed by atoms with Crippen LogP contribution in [0.25, 0.3) is 0 Å². The monoisotopic (exact) mass is 158 g/mol. The summed E-state index contributed by atoms with van der Waals surface area (Å²) in [5, 5.41) is 0.